The van der Waals surface area contributed by atoms with E-state index < -0.39 is 6.04 Å². The second-order valence-electron chi connectivity index (χ2n) is 29.2. The van der Waals surface area contributed by atoms with E-state index in [1.807, 2.05) is 206 Å². The van der Waals surface area contributed by atoms with Crippen LogP contribution in [-0.4, -0.2) is 64.8 Å². The summed E-state index contributed by atoms with van der Waals surface area (Å²) in [7, 11) is 0. The second-order valence-corrected chi connectivity index (χ2v) is 33.3. The zero-order chi connectivity index (χ0) is 88.7. The van der Waals surface area contributed by atoms with E-state index in [0.29, 0.717) is 58.0 Å². The molecule has 596 valence electrons. The summed E-state index contributed by atoms with van der Waals surface area (Å²) in [6, 6.07) is 114. The minimum Gasteiger partial charge on any atom is -0.264 e. The van der Waals surface area contributed by atoms with Gasteiger partial charge in [-0.1, -0.05) is 340 Å². The summed E-state index contributed by atoms with van der Waals surface area (Å²) >= 11 is 24.4. The molecule has 0 amide bonds. The van der Waals surface area contributed by atoms with E-state index in [2.05, 4.69) is 174 Å². The molecule has 0 saturated carbocycles. The van der Waals surface area contributed by atoms with Gasteiger partial charge in [-0.15, -0.1) is 34.0 Å². The molecule has 8 aromatic heterocycles. The lowest BCUT2D eigenvalue weighted by molar-refractivity contribution is 1.07. The van der Waals surface area contributed by atoms with Crippen molar-refractivity contribution < 1.29 is 6.85 Å². The van der Waals surface area contributed by atoms with Crippen molar-refractivity contribution >= 4 is 129 Å². The van der Waals surface area contributed by atoms with Crippen molar-refractivity contribution in [3.05, 3.63) is 404 Å². The van der Waals surface area contributed by atoms with Crippen molar-refractivity contribution in [2.45, 2.75) is 0 Å². The molecule has 8 heterocycles. The van der Waals surface area contributed by atoms with Crippen LogP contribution in [-0.2, 0) is 0 Å². The molecule has 13 nitrogen and oxygen atoms in total. The first-order chi connectivity index (χ1) is 64.3. The zero-order valence-corrected chi connectivity index (χ0v) is 71.0. The average Bonchev–Trinajstić information content (AvgIpc) is 1.60. The lowest BCUT2D eigenvalue weighted by atomic mass is 9.93. The van der Waals surface area contributed by atoms with E-state index in [-0.39, 0.29) is 45.6 Å². The first-order valence-electron chi connectivity index (χ1n) is 42.7. The van der Waals surface area contributed by atoms with Gasteiger partial charge in [-0.05, 0) is 116 Å². The third-order valence-electron chi connectivity index (χ3n) is 21.5. The molecule has 0 unspecified atom stereocenters. The van der Waals surface area contributed by atoms with Crippen LogP contribution >= 0.6 is 68.8 Å². The van der Waals surface area contributed by atoms with Gasteiger partial charge in [0.25, 0.3) is 0 Å². The lowest BCUT2D eigenvalue weighted by Gasteiger charge is -2.11. The topological polar surface area (TPSA) is 168 Å². The predicted octanol–water partition coefficient (Wildman–Crippen LogP) is 29.6. The van der Waals surface area contributed by atoms with Crippen LogP contribution in [0.2, 0.25) is 15.9 Å². The number of aromatic nitrogens is 13. The Balaban J connectivity index is 0.000000120. The normalized spacial score (nSPS) is 11.8. The summed E-state index contributed by atoms with van der Waals surface area (Å²) in [4.78, 5) is 61.1. The number of pyridine rings is 1. The van der Waals surface area contributed by atoms with Gasteiger partial charge < -0.3 is 0 Å². The molecule has 0 N–H and O–H groups in total. The van der Waals surface area contributed by atoms with E-state index >= 15 is 0 Å². The third-order valence-corrected chi connectivity index (χ3v) is 25.9. The van der Waals surface area contributed by atoms with Gasteiger partial charge in [0.2, 0.25) is 15.9 Å². The Hall–Kier alpha value is -15.0. The van der Waals surface area contributed by atoms with Gasteiger partial charge in [0.1, 0.15) is 0 Å². The van der Waals surface area contributed by atoms with Gasteiger partial charge in [-0.2, -0.15) is 29.9 Å². The Labute approximate surface area is 757 Å². The maximum Gasteiger partial charge on any atom is 0.226 e. The van der Waals surface area contributed by atoms with E-state index in [9.17, 15) is 0 Å². The van der Waals surface area contributed by atoms with E-state index in [4.69, 9.17) is 71.6 Å². The fraction of sp³-hybridized carbons (Fsp3) is 0. The van der Waals surface area contributed by atoms with Crippen LogP contribution < -0.4 is 0 Å². The summed E-state index contributed by atoms with van der Waals surface area (Å²) in [6.45, 7) is 0. The number of nitrogens with zero attached hydrogens (tertiary/aromatic N) is 13. The van der Waals surface area contributed by atoms with Crippen molar-refractivity contribution in [2.24, 2.45) is 0 Å². The van der Waals surface area contributed by atoms with Gasteiger partial charge in [0, 0.05) is 134 Å². The highest BCUT2D eigenvalue weighted by atomic mass is 35.5. The molecule has 0 aliphatic rings. The average molecular weight is 1740 g/mol. The molecule has 15 aromatic carbocycles. The van der Waals surface area contributed by atoms with Crippen LogP contribution in [0.15, 0.2) is 388 Å². The molecule has 0 aliphatic carbocycles. The molecule has 0 saturated heterocycles. The zero-order valence-electron chi connectivity index (χ0n) is 71.2. The monoisotopic (exact) mass is 1740 g/mol. The van der Waals surface area contributed by atoms with Crippen molar-refractivity contribution in [3.63, 3.8) is 0 Å². The van der Waals surface area contributed by atoms with Gasteiger partial charge in [0.15, 0.2) is 52.4 Å². The largest absolute Gasteiger partial charge is 0.264 e. The first kappa shape index (κ1) is 72.6. The molecule has 0 aliphatic heterocycles. The van der Waals surface area contributed by atoms with Crippen LogP contribution in [0.5, 0.6) is 0 Å². The van der Waals surface area contributed by atoms with Gasteiger partial charge in [0.05, 0.1) is 6.85 Å². The number of fused-ring (bicyclic) bond motifs is 9. The van der Waals surface area contributed by atoms with Crippen LogP contribution in [0.3, 0.4) is 0 Å². The molecular formula is C107H64Cl3N13S3. The number of thiophene rings is 3. The number of halogens is 3. The Bertz CT molecular complexity index is 8250. The molecule has 0 radical (unpaired) electrons. The molecule has 23 aromatic rings. The highest BCUT2D eigenvalue weighted by Crippen LogP contribution is 2.51. The third kappa shape index (κ3) is 15.7. The van der Waals surface area contributed by atoms with Crippen molar-refractivity contribution in [3.8, 4) is 158 Å². The molecule has 0 bridgehead atoms. The van der Waals surface area contributed by atoms with Gasteiger partial charge >= 0.3 is 0 Å². The summed E-state index contributed by atoms with van der Waals surface area (Å²) in [5.41, 5.74) is 17.7. The minimum absolute atomic E-state index is 0.0850. The Morgan fingerprint density at radius 2 is 0.516 bits per heavy atom. The molecular weight excluding hydrogens is 1670 g/mol. The summed E-state index contributed by atoms with van der Waals surface area (Å²) in [5, 5.41) is 6.67. The van der Waals surface area contributed by atoms with E-state index in [0.717, 1.165) is 123 Å². The number of hydrogen-bond acceptors (Lipinski definition) is 16. The maximum absolute atomic E-state index is 8.48. The summed E-state index contributed by atoms with van der Waals surface area (Å²) < 4.78 is 47.3. The fourth-order valence-electron chi connectivity index (χ4n) is 15.7. The summed E-state index contributed by atoms with van der Waals surface area (Å²) in [6.07, 6.45) is 3.67. The van der Waals surface area contributed by atoms with Crippen molar-refractivity contribution in [2.75, 3.05) is 0 Å². The SMILES string of the molecule is Clc1nc(-c2ccccc2)nc(-c2cc(-c3cccnc3)cc3c2sc2c(-c4ccccc4-c4ccccc4)cccc23)n1.Clc1nc(-c2ccccc2)nc(-c2ccc(-c3nc(-c4ccccc4)nc(-c4ccccc4)n3)c3c2sc2c(-c4ccccc4)cccc23)n1.[2H]c1c([2H])c([2H])c(-c2cccc3c2sc2c(-c4nc(Cl)nc(-c5ccccc5)n4)cccc23)c([2H])c1[2H]. The van der Waals surface area contributed by atoms with E-state index in [1.54, 1.807) is 34.9 Å². The highest BCUT2D eigenvalue weighted by molar-refractivity contribution is 7.28. The minimum atomic E-state index is -0.412. The second kappa shape index (κ2) is 34.7. The lowest BCUT2D eigenvalue weighted by Crippen LogP contribution is -2.01. The molecule has 0 spiro atoms. The molecule has 0 atom stereocenters. The first-order valence-corrected chi connectivity index (χ1v) is 43.7. The Morgan fingerprint density at radius 3 is 1.00 bits per heavy atom. The van der Waals surface area contributed by atoms with Crippen molar-refractivity contribution in [1.29, 1.82) is 0 Å². The molecule has 23 rings (SSSR count). The van der Waals surface area contributed by atoms with Crippen molar-refractivity contribution in [1.82, 2.24) is 64.8 Å². The smallest absolute Gasteiger partial charge is 0.226 e. The maximum atomic E-state index is 8.48. The van der Waals surface area contributed by atoms with Gasteiger partial charge in [-0.3, -0.25) is 4.98 Å². The predicted molar refractivity (Wildman–Crippen MR) is 520 cm³/mol. The number of hydrogen-bond donors (Lipinski definition) is 0. The standard InChI is InChI=1S/C42H25ClN6S.C38H23ClN4S.C27H16ClN3S/c43-42-48-39(29-20-11-4-12-21-29)47-41(49-42)33-25-24-32(34-31-23-13-22-30(35(31)50-36(33)34)26-14-5-1-6-15-26)40-45-37(27-16-7-2-8-17-27)44-38(46-40)28-18-9-3-10-19-28;39-38-42-36(25-13-5-2-6-14-25)41-37(43-38)33-22-27(26-15-10-20-40-23-26)21-32-31-19-9-18-30(34(31)44-35(32)33)29-17-8-7-16-28(29)24-11-3-1-4-12-24;28-27-30-25(18-11-5-2-6-12-18)29-26(31-27)22-16-8-15-21-20-14-7-13-19(23(20)32-24(21)22)17-9-3-1-4-10-17/h1-25H;1-23H;1-16H/i;;1D,3D,4D,9D,10D. The van der Waals surface area contributed by atoms with Gasteiger partial charge in [-0.25, -0.2) is 29.9 Å². The van der Waals surface area contributed by atoms with Crippen LogP contribution in [0, 0.1) is 0 Å². The van der Waals surface area contributed by atoms with Crippen LogP contribution in [0.4, 0.5) is 0 Å². The van der Waals surface area contributed by atoms with E-state index in [1.165, 1.54) is 43.7 Å². The Kier molecular flexibility index (Phi) is 20.0. The highest BCUT2D eigenvalue weighted by Gasteiger charge is 2.26. The number of benzene rings is 15. The summed E-state index contributed by atoms with van der Waals surface area (Å²) in [5.74, 6) is 4.78. The molecule has 0 fully saturated rings. The van der Waals surface area contributed by atoms with Crippen LogP contribution in [0.25, 0.3) is 219 Å². The molecule has 19 heteroatoms. The quantitative estimate of drug-likeness (QED) is 0.101. The fourth-order valence-corrected chi connectivity index (χ4v) is 20.2. The molecule has 126 heavy (non-hydrogen) atoms. The Morgan fingerprint density at radius 1 is 0.198 bits per heavy atom. The van der Waals surface area contributed by atoms with Crippen LogP contribution in [0.1, 0.15) is 6.85 Å². The number of rotatable bonds is 14.